The lowest BCUT2D eigenvalue weighted by molar-refractivity contribution is -0.144. The predicted molar refractivity (Wildman–Crippen MR) is 70.9 cm³/mol. The van der Waals surface area contributed by atoms with Crippen molar-refractivity contribution in [3.8, 4) is 5.75 Å². The van der Waals surface area contributed by atoms with E-state index in [-0.39, 0.29) is 18.9 Å². The predicted octanol–water partition coefficient (Wildman–Crippen LogP) is 1.44. The molecule has 1 aromatic carbocycles. The van der Waals surface area contributed by atoms with Crippen LogP contribution in [0.25, 0.3) is 0 Å². The number of carbonyl (C=O) groups excluding carboxylic acids is 2. The van der Waals surface area contributed by atoms with Crippen LogP contribution in [0.4, 0.5) is 0 Å². The molecule has 19 heavy (non-hydrogen) atoms. The van der Waals surface area contributed by atoms with Gasteiger partial charge in [-0.3, -0.25) is 4.79 Å². The van der Waals surface area contributed by atoms with E-state index in [9.17, 15) is 9.59 Å². The Bertz CT molecular complexity index is 428. The summed E-state index contributed by atoms with van der Waals surface area (Å²) < 4.78 is 9.94. The number of benzene rings is 1. The molecule has 1 amide bonds. The van der Waals surface area contributed by atoms with Gasteiger partial charge in [0.1, 0.15) is 11.8 Å². The first-order valence-corrected chi connectivity index (χ1v) is 6.09. The highest BCUT2D eigenvalue weighted by Crippen LogP contribution is 2.11. The molecule has 0 unspecified atom stereocenters. The number of hydrogen-bond donors (Lipinski definition) is 1. The van der Waals surface area contributed by atoms with Crippen molar-refractivity contribution in [3.05, 3.63) is 29.8 Å². The average Bonchev–Trinajstić information content (AvgIpc) is 2.40. The SMILES string of the molecule is COC(=O)[C@H](C)NC(=O)CCOc1ccc(C)cc1. The molecule has 0 fully saturated rings. The van der Waals surface area contributed by atoms with Gasteiger partial charge in [-0.2, -0.15) is 0 Å². The summed E-state index contributed by atoms with van der Waals surface area (Å²) in [7, 11) is 1.28. The Kier molecular flexibility index (Phi) is 5.85. The van der Waals surface area contributed by atoms with Crippen molar-refractivity contribution >= 4 is 11.9 Å². The van der Waals surface area contributed by atoms with Gasteiger partial charge in [0.25, 0.3) is 0 Å². The first-order chi connectivity index (χ1) is 9.02. The number of methoxy groups -OCH3 is 1. The van der Waals surface area contributed by atoms with E-state index in [2.05, 4.69) is 10.1 Å². The Morgan fingerprint density at radius 3 is 2.47 bits per heavy atom. The number of aryl methyl sites for hydroxylation is 1. The van der Waals surface area contributed by atoms with Crippen LogP contribution in [0.1, 0.15) is 18.9 Å². The van der Waals surface area contributed by atoms with Gasteiger partial charge in [0.2, 0.25) is 5.91 Å². The fourth-order valence-electron chi connectivity index (χ4n) is 1.45. The van der Waals surface area contributed by atoms with Gasteiger partial charge in [-0.25, -0.2) is 4.79 Å². The summed E-state index contributed by atoms with van der Waals surface area (Å²) in [5, 5.41) is 2.53. The quantitative estimate of drug-likeness (QED) is 0.790. The van der Waals surface area contributed by atoms with E-state index in [1.165, 1.54) is 7.11 Å². The summed E-state index contributed by atoms with van der Waals surface area (Å²) in [4.78, 5) is 22.6. The zero-order chi connectivity index (χ0) is 14.3. The first kappa shape index (κ1) is 15.0. The molecule has 0 bridgehead atoms. The zero-order valence-corrected chi connectivity index (χ0v) is 11.4. The molecule has 0 aliphatic rings. The van der Waals surface area contributed by atoms with Crippen molar-refractivity contribution in [2.75, 3.05) is 13.7 Å². The van der Waals surface area contributed by atoms with Crippen LogP contribution in [0.5, 0.6) is 5.75 Å². The van der Waals surface area contributed by atoms with Gasteiger partial charge >= 0.3 is 5.97 Å². The van der Waals surface area contributed by atoms with Gasteiger partial charge in [0.15, 0.2) is 0 Å². The van der Waals surface area contributed by atoms with Gasteiger partial charge in [-0.15, -0.1) is 0 Å². The molecule has 1 aromatic rings. The minimum atomic E-state index is -0.642. The zero-order valence-electron chi connectivity index (χ0n) is 11.4. The normalized spacial score (nSPS) is 11.5. The van der Waals surface area contributed by atoms with E-state index in [1.54, 1.807) is 6.92 Å². The number of esters is 1. The Balaban J connectivity index is 2.27. The molecule has 0 aliphatic heterocycles. The Morgan fingerprint density at radius 1 is 1.26 bits per heavy atom. The number of rotatable bonds is 6. The largest absolute Gasteiger partial charge is 0.493 e. The highest BCUT2D eigenvalue weighted by Gasteiger charge is 2.15. The molecular weight excluding hydrogens is 246 g/mol. The lowest BCUT2D eigenvalue weighted by Gasteiger charge is -2.11. The molecule has 0 heterocycles. The number of carbonyl (C=O) groups is 2. The third kappa shape index (κ3) is 5.42. The van der Waals surface area contributed by atoms with Crippen LogP contribution in [-0.2, 0) is 14.3 Å². The first-order valence-electron chi connectivity index (χ1n) is 6.09. The summed E-state index contributed by atoms with van der Waals surface area (Å²) in [5.74, 6) is 0.0113. The van der Waals surface area contributed by atoms with Crippen LogP contribution in [0, 0.1) is 6.92 Å². The smallest absolute Gasteiger partial charge is 0.328 e. The van der Waals surface area contributed by atoms with Crippen LogP contribution >= 0.6 is 0 Å². The van der Waals surface area contributed by atoms with E-state index >= 15 is 0 Å². The summed E-state index contributed by atoms with van der Waals surface area (Å²) in [6.07, 6.45) is 0.190. The molecule has 1 N–H and O–H groups in total. The molecule has 1 rings (SSSR count). The van der Waals surface area contributed by atoms with Gasteiger partial charge in [0.05, 0.1) is 20.1 Å². The second-order valence-electron chi connectivity index (χ2n) is 4.22. The standard InChI is InChI=1S/C14H19NO4/c1-10-4-6-12(7-5-10)19-9-8-13(16)15-11(2)14(17)18-3/h4-7,11H,8-9H2,1-3H3,(H,15,16)/t11-/m0/s1. The molecule has 1 atom stereocenters. The molecular formula is C14H19NO4. The van der Waals surface area contributed by atoms with E-state index in [4.69, 9.17) is 4.74 Å². The van der Waals surface area contributed by atoms with Crippen LogP contribution < -0.4 is 10.1 Å². The van der Waals surface area contributed by atoms with Crippen LogP contribution in [0.3, 0.4) is 0 Å². The van der Waals surface area contributed by atoms with E-state index in [1.807, 2.05) is 31.2 Å². The van der Waals surface area contributed by atoms with Crippen molar-refractivity contribution in [1.82, 2.24) is 5.32 Å². The Labute approximate surface area is 112 Å². The summed E-state index contributed by atoms with van der Waals surface area (Å²) >= 11 is 0. The molecule has 5 heteroatoms. The summed E-state index contributed by atoms with van der Waals surface area (Å²) in [6, 6.07) is 6.94. The lowest BCUT2D eigenvalue weighted by Crippen LogP contribution is -2.39. The highest BCUT2D eigenvalue weighted by atomic mass is 16.5. The Morgan fingerprint density at radius 2 is 1.89 bits per heavy atom. The minimum Gasteiger partial charge on any atom is -0.493 e. The fourth-order valence-corrected chi connectivity index (χ4v) is 1.45. The van der Waals surface area contributed by atoms with Crippen LogP contribution in [0.2, 0.25) is 0 Å². The third-order valence-electron chi connectivity index (χ3n) is 2.55. The number of amides is 1. The van der Waals surface area contributed by atoms with Crippen molar-refractivity contribution in [3.63, 3.8) is 0 Å². The van der Waals surface area contributed by atoms with Crippen molar-refractivity contribution in [2.45, 2.75) is 26.3 Å². The number of hydrogen-bond acceptors (Lipinski definition) is 4. The maximum Gasteiger partial charge on any atom is 0.328 e. The molecule has 0 saturated heterocycles. The Hall–Kier alpha value is -2.04. The average molecular weight is 265 g/mol. The van der Waals surface area contributed by atoms with Gasteiger partial charge in [-0.1, -0.05) is 17.7 Å². The second kappa shape index (κ2) is 7.41. The highest BCUT2D eigenvalue weighted by molar-refractivity contribution is 5.84. The minimum absolute atomic E-state index is 0.190. The fraction of sp³-hybridized carbons (Fsp3) is 0.429. The molecule has 0 radical (unpaired) electrons. The van der Waals surface area contributed by atoms with E-state index < -0.39 is 12.0 Å². The maximum absolute atomic E-state index is 11.5. The second-order valence-corrected chi connectivity index (χ2v) is 4.22. The monoisotopic (exact) mass is 265 g/mol. The van der Waals surface area contributed by atoms with Crippen molar-refractivity contribution in [1.29, 1.82) is 0 Å². The van der Waals surface area contributed by atoms with Gasteiger partial charge in [-0.05, 0) is 26.0 Å². The van der Waals surface area contributed by atoms with Crippen molar-refractivity contribution in [2.24, 2.45) is 0 Å². The van der Waals surface area contributed by atoms with E-state index in [0.29, 0.717) is 0 Å². The van der Waals surface area contributed by atoms with Crippen LogP contribution in [-0.4, -0.2) is 31.6 Å². The maximum atomic E-state index is 11.5. The van der Waals surface area contributed by atoms with Gasteiger partial charge in [0, 0.05) is 0 Å². The number of ether oxygens (including phenoxy) is 2. The van der Waals surface area contributed by atoms with Crippen LogP contribution in [0.15, 0.2) is 24.3 Å². The summed E-state index contributed by atoms with van der Waals surface area (Å²) in [6.45, 7) is 3.83. The van der Waals surface area contributed by atoms with E-state index in [0.717, 1.165) is 11.3 Å². The molecule has 0 aromatic heterocycles. The molecule has 0 spiro atoms. The third-order valence-corrected chi connectivity index (χ3v) is 2.55. The number of nitrogens with one attached hydrogen (secondary N) is 1. The molecule has 0 aliphatic carbocycles. The lowest BCUT2D eigenvalue weighted by atomic mass is 10.2. The van der Waals surface area contributed by atoms with Gasteiger partial charge < -0.3 is 14.8 Å². The topological polar surface area (TPSA) is 64.6 Å². The molecule has 5 nitrogen and oxygen atoms in total. The molecule has 0 saturated carbocycles. The summed E-state index contributed by atoms with van der Waals surface area (Å²) in [5.41, 5.74) is 1.15. The molecule has 104 valence electrons. The van der Waals surface area contributed by atoms with Crippen molar-refractivity contribution < 1.29 is 19.1 Å².